The Balaban J connectivity index is 0.557. The van der Waals surface area contributed by atoms with Gasteiger partial charge in [-0.1, -0.05) is 97.9 Å². The summed E-state index contributed by atoms with van der Waals surface area (Å²) in [4.78, 5) is 130. The van der Waals surface area contributed by atoms with Gasteiger partial charge in [0.05, 0.1) is 82.3 Å². The third-order valence-corrected chi connectivity index (χ3v) is 22.0. The van der Waals surface area contributed by atoms with Crippen LogP contribution in [0.3, 0.4) is 0 Å². The average molecular weight is 1480 g/mol. The molecule has 3 N–H and O–H groups in total. The molecule has 6 heterocycles. The summed E-state index contributed by atoms with van der Waals surface area (Å²) < 4.78 is 37.2. The van der Waals surface area contributed by atoms with Crippen molar-refractivity contribution < 1.29 is 76.7 Å². The molecular formula is C84H93N9O16. The summed E-state index contributed by atoms with van der Waals surface area (Å²) in [6.45, 7) is 5.87. The maximum Gasteiger partial charge on any atom is 0.416 e. The third-order valence-electron chi connectivity index (χ3n) is 22.0. The smallest absolute Gasteiger partial charge is 0.416 e. The number of aryl methyl sites for hydroxylation is 2. The van der Waals surface area contributed by atoms with Crippen molar-refractivity contribution in [1.82, 2.24) is 35.4 Å². The molecule has 0 radical (unpaired) electrons. The highest BCUT2D eigenvalue weighted by Crippen LogP contribution is 2.57. The predicted molar refractivity (Wildman–Crippen MR) is 405 cm³/mol. The van der Waals surface area contributed by atoms with E-state index in [0.29, 0.717) is 84.8 Å². The van der Waals surface area contributed by atoms with Crippen LogP contribution in [0.1, 0.15) is 153 Å². The Hall–Kier alpha value is -11.2. The van der Waals surface area contributed by atoms with E-state index in [9.17, 15) is 48.3 Å². The van der Waals surface area contributed by atoms with E-state index in [-0.39, 0.29) is 134 Å². The van der Waals surface area contributed by atoms with E-state index in [1.807, 2.05) is 97.0 Å². The van der Waals surface area contributed by atoms with E-state index in [1.54, 1.807) is 91.9 Å². The Morgan fingerprint density at radius 3 is 2.07 bits per heavy atom. The maximum absolute atomic E-state index is 14.5. The second-order valence-corrected chi connectivity index (χ2v) is 29.6. The van der Waals surface area contributed by atoms with Crippen molar-refractivity contribution in [2.75, 3.05) is 57.4 Å². The Labute approximate surface area is 633 Å². The molecular weight excluding hydrogens is 1390 g/mol. The zero-order valence-corrected chi connectivity index (χ0v) is 62.6. The number of aliphatic hydroxyl groups excluding tert-OH is 1. The number of hydrogen-bond donors (Lipinski definition) is 3. The highest BCUT2D eigenvalue weighted by molar-refractivity contribution is 6.07. The number of carbonyl (C=O) groups excluding carboxylic acids is 9. The SMILES string of the molecule is COc1ccc(C2=CN3C(=O)c4cc(OC)c(OCCCCCOc5cc6c(cc5OC)C(=O)N5CC7(CC7)C[C@H]5[C@H](O)N6C(=O)OCc5ccc(CC(=O)[C@H](C)NC(=O)[C@@H](CC(=O)CNC(=O)CCC(=O)CCC(=O)N6Cc7ccccc7-c7c(nnn7C)-c7ccccc76)C(C)C)cc5)cc4CC[C@@H]3C2)cc1. The Morgan fingerprint density at radius 1 is 0.688 bits per heavy atom. The van der Waals surface area contributed by atoms with Gasteiger partial charge in [-0.2, -0.15) is 0 Å². The molecule has 25 nitrogen and oxygen atoms in total. The van der Waals surface area contributed by atoms with Gasteiger partial charge in [0, 0.05) is 93.0 Å². The number of ketones is 3. The molecule has 1 aliphatic carbocycles. The van der Waals surface area contributed by atoms with Gasteiger partial charge in [-0.15, -0.1) is 5.10 Å². The number of para-hydroxylation sites is 1. The molecule has 6 aliphatic rings. The molecule has 1 spiro atoms. The van der Waals surface area contributed by atoms with Gasteiger partial charge in [-0.3, -0.25) is 38.4 Å². The van der Waals surface area contributed by atoms with Crippen LogP contribution in [-0.4, -0.2) is 155 Å². The van der Waals surface area contributed by atoms with Crippen LogP contribution in [0.25, 0.3) is 28.1 Å². The monoisotopic (exact) mass is 1480 g/mol. The van der Waals surface area contributed by atoms with Crippen molar-refractivity contribution in [2.45, 2.75) is 155 Å². The van der Waals surface area contributed by atoms with Crippen LogP contribution < -0.4 is 44.1 Å². The first-order valence-corrected chi connectivity index (χ1v) is 37.5. The van der Waals surface area contributed by atoms with Crippen molar-refractivity contribution in [3.63, 3.8) is 0 Å². The van der Waals surface area contributed by atoms with Crippen molar-refractivity contribution in [3.05, 3.63) is 166 Å². The molecule has 6 amide bonds. The van der Waals surface area contributed by atoms with Crippen molar-refractivity contribution in [2.24, 2.45) is 24.3 Å². The van der Waals surface area contributed by atoms with Gasteiger partial charge in [-0.25, -0.2) is 14.4 Å². The topological polar surface area (TPSA) is 297 Å². The quantitative estimate of drug-likeness (QED) is 0.0352. The summed E-state index contributed by atoms with van der Waals surface area (Å²) in [7, 11) is 6.50. The summed E-state index contributed by atoms with van der Waals surface area (Å²) in [6.07, 6.45) is 5.39. The number of aromatic nitrogens is 3. The normalized spacial score (nSPS) is 17.6. The molecule has 570 valence electrons. The van der Waals surface area contributed by atoms with Crippen molar-refractivity contribution in [1.29, 1.82) is 0 Å². The number of ether oxygens (including phenoxy) is 6. The molecule has 7 aromatic rings. The highest BCUT2D eigenvalue weighted by Gasteiger charge is 2.58. The van der Waals surface area contributed by atoms with E-state index in [4.69, 9.17) is 28.4 Å². The van der Waals surface area contributed by atoms with Crippen LogP contribution in [0.15, 0.2) is 128 Å². The molecule has 0 unspecified atom stereocenters. The van der Waals surface area contributed by atoms with E-state index in [2.05, 4.69) is 20.9 Å². The minimum Gasteiger partial charge on any atom is -0.497 e. The molecule has 13 rings (SSSR count). The largest absolute Gasteiger partial charge is 0.497 e. The van der Waals surface area contributed by atoms with Gasteiger partial charge in [0.2, 0.25) is 17.7 Å². The first kappa shape index (κ1) is 76.0. The van der Waals surface area contributed by atoms with Crippen LogP contribution >= 0.6 is 0 Å². The fraction of sp³-hybridized carbons (Fsp3) is 0.417. The number of anilines is 2. The molecule has 109 heavy (non-hydrogen) atoms. The summed E-state index contributed by atoms with van der Waals surface area (Å²) in [6, 6.07) is 35.1. The first-order chi connectivity index (χ1) is 52.6. The number of amides is 6. The standard InChI is InChI=1S/C84H93N9O16/c1-50(2)64(40-60(95)45-85-75(97)31-27-59(94)28-32-76(98)91-46-56-15-9-10-16-62(56)78-77(87-88-89(78)4)63-17-11-12-18-67(63)91)79(99)86-51(3)70(96)37-52-19-21-53(22-20-52)48-109-83(103)93-68-43-74(72(106-7)42-66(68)81(101)92-49-84(33-34-84)44-69(92)82(93)102)108-36-14-8-13-35-107-73-39-55-23-26-58-38-57(54-24-29-61(104-5)30-25-54)47-90(58)80(100)65(55)41-71(73)105-6/h9-12,15-22,24-25,29-30,39,41-43,47,50-51,58,64,69,82,102H,8,13-14,23,26-28,31-38,40,44-46,48-49H2,1-7H3,(H,85,97)(H,86,99)/t51-,58+,64-,69-,82-/m0/s1. The lowest BCUT2D eigenvalue weighted by Gasteiger charge is -2.31. The van der Waals surface area contributed by atoms with Gasteiger partial charge >= 0.3 is 6.09 Å². The lowest BCUT2D eigenvalue weighted by molar-refractivity contribution is -0.133. The number of carbonyl (C=O) groups is 9. The van der Waals surface area contributed by atoms with Crippen LogP contribution in [0.2, 0.25) is 0 Å². The number of rotatable bonds is 30. The lowest BCUT2D eigenvalue weighted by Crippen LogP contribution is -2.50. The second-order valence-electron chi connectivity index (χ2n) is 29.6. The Morgan fingerprint density at radius 2 is 1.37 bits per heavy atom. The molecule has 1 saturated carbocycles. The van der Waals surface area contributed by atoms with Crippen LogP contribution in [-0.2, 0) is 66.5 Å². The van der Waals surface area contributed by atoms with Crippen LogP contribution in [0.5, 0.6) is 28.7 Å². The van der Waals surface area contributed by atoms with Crippen LogP contribution in [0.4, 0.5) is 16.2 Å². The van der Waals surface area contributed by atoms with Crippen molar-refractivity contribution in [3.8, 4) is 51.3 Å². The van der Waals surface area contributed by atoms with Gasteiger partial charge in [0.15, 0.2) is 40.8 Å². The summed E-state index contributed by atoms with van der Waals surface area (Å²) in [5, 5.41) is 26.3. The van der Waals surface area contributed by atoms with Crippen molar-refractivity contribution >= 4 is 69.9 Å². The molecule has 6 aromatic carbocycles. The summed E-state index contributed by atoms with van der Waals surface area (Å²) in [5.74, 6) is -1.49. The van der Waals surface area contributed by atoms with Gasteiger partial charge in [0.25, 0.3) is 11.8 Å². The predicted octanol–water partition coefficient (Wildman–Crippen LogP) is 11.1. The zero-order chi connectivity index (χ0) is 76.8. The van der Waals surface area contributed by atoms with Gasteiger partial charge in [-0.05, 0) is 146 Å². The average Bonchev–Trinajstić information content (AvgIpc) is 1.50. The van der Waals surface area contributed by atoms with Crippen LogP contribution in [0, 0.1) is 17.3 Å². The fourth-order valence-electron chi connectivity index (χ4n) is 15.5. The lowest BCUT2D eigenvalue weighted by atomic mass is 9.89. The van der Waals surface area contributed by atoms with Gasteiger partial charge < -0.3 is 58.9 Å². The van der Waals surface area contributed by atoms with E-state index in [0.717, 1.165) is 75.4 Å². The fourth-order valence-corrected chi connectivity index (χ4v) is 15.5. The second kappa shape index (κ2) is 33.1. The molecule has 2 fully saturated rings. The van der Waals surface area contributed by atoms with E-state index < -0.39 is 47.9 Å². The third kappa shape index (κ3) is 16.8. The number of fused-ring (bicyclic) bond motifs is 9. The molecule has 1 saturated heterocycles. The number of hydrogen-bond acceptors (Lipinski definition) is 18. The summed E-state index contributed by atoms with van der Waals surface area (Å²) in [5.41, 5.74) is 9.63. The number of unbranched alkanes of at least 4 members (excludes halogenated alkanes) is 2. The maximum atomic E-state index is 14.5. The Kier molecular flexibility index (Phi) is 23.1. The number of nitrogens with zero attached hydrogens (tertiary/aromatic N) is 7. The van der Waals surface area contributed by atoms with E-state index >= 15 is 0 Å². The molecule has 5 aliphatic heterocycles. The molecule has 1 aromatic heterocycles. The number of nitrogens with one attached hydrogen (secondary N) is 2. The molecule has 0 bridgehead atoms. The first-order valence-electron chi connectivity index (χ1n) is 37.5. The minimum absolute atomic E-state index is 0.0371. The number of benzene rings is 6. The summed E-state index contributed by atoms with van der Waals surface area (Å²) >= 11 is 0. The minimum atomic E-state index is -1.46. The van der Waals surface area contributed by atoms with E-state index in [1.165, 1.54) is 7.11 Å². The number of aliphatic hydroxyl groups is 1. The molecule has 25 heteroatoms. The molecule has 5 atom stereocenters. The highest BCUT2D eigenvalue weighted by atomic mass is 16.6. The number of methoxy groups -OCH3 is 3. The Bertz CT molecular complexity index is 4680. The zero-order valence-electron chi connectivity index (χ0n) is 62.6. The number of Topliss-reactive ketones (excluding diaryl/α,β-unsaturated/α-hetero) is 3. The van der Waals surface area contributed by atoms with Gasteiger partial charge in [0.1, 0.15) is 23.8 Å².